The van der Waals surface area contributed by atoms with Gasteiger partial charge in [-0.15, -0.1) is 0 Å². The lowest BCUT2D eigenvalue weighted by atomic mass is 9.81. The Balaban J connectivity index is 1.41. The first-order valence-electron chi connectivity index (χ1n) is 17.5. The summed E-state index contributed by atoms with van der Waals surface area (Å²) < 4.78 is 34.7. The molecule has 7 atom stereocenters. The molecule has 0 radical (unpaired) electrons. The highest BCUT2D eigenvalue weighted by atomic mass is 19.1. The fraction of sp³-hybridized carbons (Fsp3) is 0.462. The van der Waals surface area contributed by atoms with Gasteiger partial charge in [0.1, 0.15) is 35.1 Å². The van der Waals surface area contributed by atoms with Crippen LogP contribution in [0.25, 0.3) is 0 Å². The molecule has 11 heteroatoms. The molecule has 2 saturated heterocycles. The van der Waals surface area contributed by atoms with E-state index in [-0.39, 0.29) is 48.8 Å². The van der Waals surface area contributed by atoms with Gasteiger partial charge in [0.15, 0.2) is 0 Å². The normalized spacial score (nSPS) is 22.8. The maximum atomic E-state index is 14.4. The first-order chi connectivity index (χ1) is 24.0. The quantitative estimate of drug-likeness (QED) is 0.189. The lowest BCUT2D eigenvalue weighted by Gasteiger charge is -2.36. The third kappa shape index (κ3) is 8.86. The number of rotatable bonds is 15. The second kappa shape index (κ2) is 16.6. The monoisotopic (exact) mass is 690 g/mol. The van der Waals surface area contributed by atoms with Crippen molar-refractivity contribution in [1.82, 2.24) is 20.9 Å². The van der Waals surface area contributed by atoms with Crippen molar-refractivity contribution in [2.24, 2.45) is 5.92 Å². The summed E-state index contributed by atoms with van der Waals surface area (Å²) in [6.45, 7) is 5.96. The molecule has 3 amide bonds. The van der Waals surface area contributed by atoms with Crippen LogP contribution in [0.15, 0.2) is 78.9 Å². The number of halogens is 2. The lowest BCUT2D eigenvalue weighted by molar-refractivity contribution is -0.144. The number of aliphatic hydroxyl groups is 1. The molecule has 4 N–H and O–H groups in total. The second-order valence-electron chi connectivity index (χ2n) is 13.6. The first-order valence-corrected chi connectivity index (χ1v) is 17.5. The van der Waals surface area contributed by atoms with Crippen LogP contribution in [0.3, 0.4) is 0 Å². The van der Waals surface area contributed by atoms with E-state index in [4.69, 9.17) is 4.74 Å². The van der Waals surface area contributed by atoms with Crippen molar-refractivity contribution in [2.75, 3.05) is 13.1 Å². The van der Waals surface area contributed by atoms with E-state index in [0.717, 1.165) is 11.6 Å². The molecular formula is C39H48F2N4O5. The minimum Gasteiger partial charge on any atom is -0.489 e. The maximum Gasteiger partial charge on any atom is 0.249 e. The van der Waals surface area contributed by atoms with Crippen molar-refractivity contribution < 1.29 is 33.0 Å². The van der Waals surface area contributed by atoms with Crippen molar-refractivity contribution in [3.63, 3.8) is 0 Å². The highest BCUT2D eigenvalue weighted by Gasteiger charge is 2.53. The van der Waals surface area contributed by atoms with E-state index < -0.39 is 47.3 Å². The fourth-order valence-electron chi connectivity index (χ4n) is 7.37. The molecule has 0 unspecified atom stereocenters. The molecular weight excluding hydrogens is 642 g/mol. The zero-order valence-electron chi connectivity index (χ0n) is 28.9. The fourth-order valence-corrected chi connectivity index (χ4v) is 7.37. The highest BCUT2D eigenvalue weighted by Crippen LogP contribution is 2.35. The van der Waals surface area contributed by atoms with Crippen LogP contribution < -0.4 is 20.7 Å². The van der Waals surface area contributed by atoms with E-state index >= 15 is 0 Å². The summed E-state index contributed by atoms with van der Waals surface area (Å²) in [5, 5.41) is 21.0. The third-order valence-corrected chi connectivity index (χ3v) is 10.2. The van der Waals surface area contributed by atoms with E-state index in [1.807, 2.05) is 74.5 Å². The maximum absolute atomic E-state index is 14.4. The summed E-state index contributed by atoms with van der Waals surface area (Å²) in [4.78, 5) is 42.6. The Kier molecular flexibility index (Phi) is 12.2. The molecule has 9 nitrogen and oxygen atoms in total. The molecule has 2 aliphatic rings. The van der Waals surface area contributed by atoms with Crippen LogP contribution in [-0.2, 0) is 27.2 Å². The van der Waals surface area contributed by atoms with Crippen molar-refractivity contribution in [2.45, 2.75) is 95.2 Å². The largest absolute Gasteiger partial charge is 0.489 e. The number of aliphatic hydroxyl groups excluding tert-OH is 1. The van der Waals surface area contributed by atoms with Gasteiger partial charge in [0.2, 0.25) is 17.7 Å². The van der Waals surface area contributed by atoms with Crippen molar-refractivity contribution in [3.8, 4) is 5.75 Å². The SMILES string of the molecule is CC[C@@H](C)[C@@]1(NC(C)=O)CCN([C@@H](CCc2ccccc2)C(=O)N[C@@H](Cc2cc(F)cc(F)c2)[C@H](O)[C@H]2C[C@H](Oc3ccccc3)CN2)C1=O. The number of nitrogens with zero attached hydrogens (tertiary/aromatic N) is 1. The number of likely N-dealkylation sites (tertiary alicyclic amines) is 1. The summed E-state index contributed by atoms with van der Waals surface area (Å²) in [7, 11) is 0. The number of amides is 3. The van der Waals surface area contributed by atoms with Gasteiger partial charge in [-0.05, 0) is 67.0 Å². The standard InChI is InChI=1S/C39H48F2N4O5/c1-4-25(2)39(44-26(3)46)17-18-45(38(39)49)35(16-15-27-11-7-5-8-12-27)37(48)43-34(21-28-19-29(40)22-30(41)20-28)36(47)33-23-32(24-42-33)50-31-13-9-6-10-14-31/h5-14,19-20,22,25,32-36,42,47H,4,15-18,21,23-24H2,1-3H3,(H,43,48)(H,44,46)/t25-,32+,33-,34+,35+,36-,39+/m1/s1. The predicted octanol–water partition coefficient (Wildman–Crippen LogP) is 4.32. The predicted molar refractivity (Wildman–Crippen MR) is 186 cm³/mol. The van der Waals surface area contributed by atoms with Crippen molar-refractivity contribution >= 4 is 17.7 Å². The summed E-state index contributed by atoms with van der Waals surface area (Å²) in [5.41, 5.74) is 0.102. The highest BCUT2D eigenvalue weighted by molar-refractivity contribution is 5.96. The third-order valence-electron chi connectivity index (χ3n) is 10.2. The molecule has 0 bridgehead atoms. The zero-order chi connectivity index (χ0) is 35.8. The summed E-state index contributed by atoms with van der Waals surface area (Å²) in [6.07, 6.45) is 0.707. The van der Waals surface area contributed by atoms with Crippen molar-refractivity contribution in [1.29, 1.82) is 0 Å². The lowest BCUT2D eigenvalue weighted by Crippen LogP contribution is -2.61. The van der Waals surface area contributed by atoms with Gasteiger partial charge in [0.05, 0.1) is 12.1 Å². The molecule has 268 valence electrons. The molecule has 3 aromatic carbocycles. The average Bonchev–Trinajstić information content (AvgIpc) is 3.68. The Labute approximate surface area is 292 Å². The summed E-state index contributed by atoms with van der Waals surface area (Å²) in [6, 6.07) is 19.7. The van der Waals surface area contributed by atoms with Crippen LogP contribution in [0.4, 0.5) is 8.78 Å². The molecule has 2 fully saturated rings. The van der Waals surface area contributed by atoms with Gasteiger partial charge < -0.3 is 30.7 Å². The number of hydrogen-bond acceptors (Lipinski definition) is 6. The Morgan fingerprint density at radius 3 is 2.34 bits per heavy atom. The van der Waals surface area contributed by atoms with Gasteiger partial charge in [-0.25, -0.2) is 8.78 Å². The zero-order valence-corrected chi connectivity index (χ0v) is 28.9. The topological polar surface area (TPSA) is 120 Å². The molecule has 0 aromatic heterocycles. The average molecular weight is 691 g/mol. The number of benzene rings is 3. The number of ether oxygens (including phenoxy) is 1. The smallest absolute Gasteiger partial charge is 0.249 e. The number of carbonyl (C=O) groups is 3. The first kappa shape index (κ1) is 36.9. The van der Waals surface area contributed by atoms with Gasteiger partial charge in [-0.1, -0.05) is 68.8 Å². The van der Waals surface area contributed by atoms with Crippen LogP contribution in [0.2, 0.25) is 0 Å². The van der Waals surface area contributed by atoms with Crippen LogP contribution in [0, 0.1) is 17.6 Å². The van der Waals surface area contributed by atoms with Crippen LogP contribution in [0.5, 0.6) is 5.75 Å². The number of nitrogens with one attached hydrogen (secondary N) is 3. The van der Waals surface area contributed by atoms with Gasteiger partial charge in [-0.3, -0.25) is 14.4 Å². The Morgan fingerprint density at radius 1 is 1.04 bits per heavy atom. The van der Waals surface area contributed by atoms with E-state index in [9.17, 15) is 28.3 Å². The molecule has 0 saturated carbocycles. The molecule has 0 spiro atoms. The number of aryl methyl sites for hydroxylation is 1. The molecule has 50 heavy (non-hydrogen) atoms. The van der Waals surface area contributed by atoms with Gasteiger partial charge in [0, 0.05) is 38.5 Å². The van der Waals surface area contributed by atoms with Crippen LogP contribution in [0.1, 0.15) is 57.6 Å². The molecule has 0 aliphatic carbocycles. The molecule has 5 rings (SSSR count). The molecule has 3 aromatic rings. The number of hydrogen-bond donors (Lipinski definition) is 4. The molecule has 2 aliphatic heterocycles. The van der Waals surface area contributed by atoms with E-state index in [1.54, 1.807) is 4.90 Å². The van der Waals surface area contributed by atoms with Crippen LogP contribution in [-0.4, -0.2) is 76.7 Å². The second-order valence-corrected chi connectivity index (χ2v) is 13.6. The van der Waals surface area contributed by atoms with Gasteiger partial charge in [0.25, 0.3) is 0 Å². The minimum absolute atomic E-state index is 0.0635. The van der Waals surface area contributed by atoms with Gasteiger partial charge >= 0.3 is 0 Å². The number of para-hydroxylation sites is 1. The summed E-state index contributed by atoms with van der Waals surface area (Å²) >= 11 is 0. The Morgan fingerprint density at radius 2 is 1.70 bits per heavy atom. The van der Waals surface area contributed by atoms with E-state index in [0.29, 0.717) is 38.0 Å². The van der Waals surface area contributed by atoms with Crippen LogP contribution >= 0.6 is 0 Å². The Hall–Kier alpha value is -4.35. The van der Waals surface area contributed by atoms with E-state index in [2.05, 4.69) is 16.0 Å². The van der Waals surface area contributed by atoms with E-state index in [1.165, 1.54) is 19.1 Å². The van der Waals surface area contributed by atoms with Crippen molar-refractivity contribution in [3.05, 3.63) is 102 Å². The molecule has 2 heterocycles. The Bertz CT molecular complexity index is 1590. The number of carbonyl (C=O) groups excluding carboxylic acids is 3. The minimum atomic E-state index is -1.17. The van der Waals surface area contributed by atoms with Gasteiger partial charge in [-0.2, -0.15) is 0 Å². The summed E-state index contributed by atoms with van der Waals surface area (Å²) in [5.74, 6) is -2.16.